The molecule has 2 aliphatic rings. The summed E-state index contributed by atoms with van der Waals surface area (Å²) >= 11 is 0. The molecule has 1 aliphatic carbocycles. The van der Waals surface area contributed by atoms with Crippen molar-refractivity contribution in [2.75, 3.05) is 4.90 Å². The first-order chi connectivity index (χ1) is 17.2. The number of carbonyl (C=O) groups excluding carboxylic acids is 1. The molecular weight excluding hydrogens is 507 g/mol. The van der Waals surface area contributed by atoms with Gasteiger partial charge in [-0.25, -0.2) is 8.78 Å². The molecule has 1 amide bonds. The summed E-state index contributed by atoms with van der Waals surface area (Å²) in [7, 11) is 1.26. The Labute approximate surface area is 205 Å². The number of alkyl halides is 7. The monoisotopic (exact) mass is 527 g/mol. The summed E-state index contributed by atoms with van der Waals surface area (Å²) in [4.78, 5) is 14.2. The zero-order valence-electron chi connectivity index (χ0n) is 19.3. The van der Waals surface area contributed by atoms with Gasteiger partial charge in [-0.2, -0.15) is 22.0 Å². The second kappa shape index (κ2) is 8.01. The molecule has 2 heterocycles. The molecule has 0 bridgehead atoms. The highest BCUT2D eigenvalue weighted by molar-refractivity contribution is 6.10. The van der Waals surface area contributed by atoms with Crippen molar-refractivity contribution in [3.05, 3.63) is 76.4 Å². The normalized spacial score (nSPS) is 18.6. The zero-order valence-corrected chi connectivity index (χ0v) is 19.3. The first-order valence-electron chi connectivity index (χ1n) is 11.2. The number of fused-ring (bicyclic) bond motifs is 1. The van der Waals surface area contributed by atoms with E-state index in [4.69, 9.17) is 5.73 Å². The van der Waals surface area contributed by atoms with E-state index >= 15 is 8.78 Å². The average molecular weight is 527 g/mol. The van der Waals surface area contributed by atoms with E-state index in [0.29, 0.717) is 0 Å². The Kier molecular flexibility index (Phi) is 5.45. The van der Waals surface area contributed by atoms with Crippen molar-refractivity contribution in [2.45, 2.75) is 49.4 Å². The van der Waals surface area contributed by atoms with Gasteiger partial charge in [0, 0.05) is 37.7 Å². The smallest absolute Gasteiger partial charge is 0.326 e. The van der Waals surface area contributed by atoms with E-state index in [-0.39, 0.29) is 34.5 Å². The number of anilines is 1. The van der Waals surface area contributed by atoms with Crippen molar-refractivity contribution >= 4 is 11.6 Å². The zero-order chi connectivity index (χ0) is 27.0. The van der Waals surface area contributed by atoms with E-state index in [9.17, 15) is 26.7 Å². The lowest BCUT2D eigenvalue weighted by Crippen LogP contribution is -2.59. The summed E-state index contributed by atoms with van der Waals surface area (Å²) < 4.78 is 102. The maximum atomic E-state index is 15.8. The summed E-state index contributed by atoms with van der Waals surface area (Å²) in [5.41, 5.74) is 1.59. The Morgan fingerprint density at radius 3 is 2.35 bits per heavy atom. The van der Waals surface area contributed by atoms with Crippen LogP contribution in [0.4, 0.5) is 36.4 Å². The van der Waals surface area contributed by atoms with Crippen LogP contribution in [0.2, 0.25) is 0 Å². The predicted octanol–water partition coefficient (Wildman–Crippen LogP) is 4.91. The van der Waals surface area contributed by atoms with Gasteiger partial charge in [0.1, 0.15) is 6.33 Å². The number of hydrogen-bond donors (Lipinski definition) is 1. The van der Waals surface area contributed by atoms with Gasteiger partial charge in [-0.15, -0.1) is 10.2 Å². The van der Waals surface area contributed by atoms with E-state index in [1.54, 1.807) is 0 Å². The van der Waals surface area contributed by atoms with Gasteiger partial charge in [-0.05, 0) is 41.0 Å². The summed E-state index contributed by atoms with van der Waals surface area (Å²) in [6.07, 6.45) is -6.10. The quantitative estimate of drug-likeness (QED) is 0.479. The maximum absolute atomic E-state index is 15.8. The standard InChI is InChI=1S/C24H20F7N5O/c1-35-12-33-34-20(35)23(27,28)21(10-22(25,26)11-21)14-3-2-4-15(7-14)36-9-17-16(19(36)37)5-13(8-32)6-18(17)24(29,30)31/h2-7,12H,8-11,32H2,1H3. The Hall–Kier alpha value is -3.48. The van der Waals surface area contributed by atoms with Gasteiger partial charge in [0.25, 0.3) is 5.91 Å². The predicted molar refractivity (Wildman–Crippen MR) is 117 cm³/mol. The molecule has 13 heteroatoms. The van der Waals surface area contributed by atoms with Crippen LogP contribution in [0.3, 0.4) is 0 Å². The molecule has 0 unspecified atom stereocenters. The molecule has 0 saturated heterocycles. The molecule has 6 nitrogen and oxygen atoms in total. The molecule has 5 rings (SSSR count). The fourth-order valence-corrected chi connectivity index (χ4v) is 5.24. The van der Waals surface area contributed by atoms with Crippen LogP contribution < -0.4 is 10.6 Å². The van der Waals surface area contributed by atoms with Crippen molar-refractivity contribution in [3.8, 4) is 0 Å². The van der Waals surface area contributed by atoms with Crippen LogP contribution in [0.1, 0.15) is 51.3 Å². The third-order valence-corrected chi connectivity index (χ3v) is 7.07. The van der Waals surface area contributed by atoms with Crippen molar-refractivity contribution in [2.24, 2.45) is 12.8 Å². The van der Waals surface area contributed by atoms with Crippen LogP contribution in [0.25, 0.3) is 0 Å². The number of nitrogens with two attached hydrogens (primary N) is 1. The van der Waals surface area contributed by atoms with Gasteiger partial charge in [0.15, 0.2) is 0 Å². The van der Waals surface area contributed by atoms with Crippen molar-refractivity contribution in [3.63, 3.8) is 0 Å². The lowest BCUT2D eigenvalue weighted by atomic mass is 9.58. The minimum absolute atomic E-state index is 0.00415. The largest absolute Gasteiger partial charge is 0.416 e. The van der Waals surface area contributed by atoms with Gasteiger partial charge < -0.3 is 15.2 Å². The van der Waals surface area contributed by atoms with Gasteiger partial charge in [-0.3, -0.25) is 4.79 Å². The topological polar surface area (TPSA) is 77.0 Å². The molecular formula is C24H20F7N5O. The fourth-order valence-electron chi connectivity index (χ4n) is 5.24. The van der Waals surface area contributed by atoms with Crippen molar-refractivity contribution < 1.29 is 35.5 Å². The van der Waals surface area contributed by atoms with Gasteiger partial charge in [0.05, 0.1) is 17.5 Å². The molecule has 0 atom stereocenters. The summed E-state index contributed by atoms with van der Waals surface area (Å²) in [6.45, 7) is -0.701. The Bertz CT molecular complexity index is 1390. The first kappa shape index (κ1) is 25.2. The van der Waals surface area contributed by atoms with E-state index in [1.165, 1.54) is 31.3 Å². The fraction of sp³-hybridized carbons (Fsp3) is 0.375. The summed E-state index contributed by atoms with van der Waals surface area (Å²) in [5.74, 6) is -8.81. The van der Waals surface area contributed by atoms with Crippen LogP contribution in [-0.2, 0) is 37.7 Å². The van der Waals surface area contributed by atoms with Crippen LogP contribution in [-0.4, -0.2) is 26.6 Å². The maximum Gasteiger partial charge on any atom is 0.416 e. The van der Waals surface area contributed by atoms with Gasteiger partial charge in [0.2, 0.25) is 11.7 Å². The molecule has 2 aromatic carbocycles. The minimum atomic E-state index is -4.76. The third kappa shape index (κ3) is 3.78. The van der Waals surface area contributed by atoms with Crippen LogP contribution in [0, 0.1) is 0 Å². The Balaban J connectivity index is 1.58. The molecule has 0 radical (unpaired) electrons. The molecule has 1 saturated carbocycles. The molecule has 1 aromatic heterocycles. The van der Waals surface area contributed by atoms with E-state index in [1.807, 2.05) is 0 Å². The molecule has 37 heavy (non-hydrogen) atoms. The third-order valence-electron chi connectivity index (χ3n) is 7.07. The van der Waals surface area contributed by atoms with Crippen LogP contribution in [0.15, 0.2) is 42.7 Å². The average Bonchev–Trinajstić information content (AvgIpc) is 3.39. The number of hydrogen-bond acceptors (Lipinski definition) is 4. The number of rotatable bonds is 5. The van der Waals surface area contributed by atoms with Crippen LogP contribution >= 0.6 is 0 Å². The summed E-state index contributed by atoms with van der Waals surface area (Å²) in [6, 6.07) is 7.20. The van der Waals surface area contributed by atoms with E-state index in [0.717, 1.165) is 27.9 Å². The Morgan fingerprint density at radius 2 is 1.78 bits per heavy atom. The number of halogens is 7. The highest BCUT2D eigenvalue weighted by atomic mass is 19.4. The number of aryl methyl sites for hydroxylation is 1. The number of benzene rings is 2. The van der Waals surface area contributed by atoms with Crippen LogP contribution in [0.5, 0.6) is 0 Å². The SMILES string of the molecule is Cn1cnnc1C(F)(F)C1(c2cccc(N3Cc4c(cc(CN)cc4C(F)(F)F)C3=O)c2)CC(F)(F)C1. The first-order valence-corrected chi connectivity index (χ1v) is 11.2. The lowest BCUT2D eigenvalue weighted by Gasteiger charge is -2.51. The highest BCUT2D eigenvalue weighted by Gasteiger charge is 2.71. The number of amides is 1. The molecule has 3 aromatic rings. The summed E-state index contributed by atoms with van der Waals surface area (Å²) in [5, 5.41) is 6.87. The van der Waals surface area contributed by atoms with E-state index in [2.05, 4.69) is 10.2 Å². The van der Waals surface area contributed by atoms with Crippen molar-refractivity contribution in [1.29, 1.82) is 0 Å². The molecule has 0 spiro atoms. The van der Waals surface area contributed by atoms with Gasteiger partial charge >= 0.3 is 12.1 Å². The molecule has 1 aliphatic heterocycles. The number of aromatic nitrogens is 3. The molecule has 2 N–H and O–H groups in total. The lowest BCUT2D eigenvalue weighted by molar-refractivity contribution is -0.224. The number of nitrogens with zero attached hydrogens (tertiary/aromatic N) is 4. The minimum Gasteiger partial charge on any atom is -0.326 e. The Morgan fingerprint density at radius 1 is 1.08 bits per heavy atom. The van der Waals surface area contributed by atoms with Crippen molar-refractivity contribution in [1.82, 2.24) is 14.8 Å². The highest BCUT2D eigenvalue weighted by Crippen LogP contribution is 2.63. The van der Waals surface area contributed by atoms with Gasteiger partial charge in [-0.1, -0.05) is 12.1 Å². The number of carbonyl (C=O) groups is 1. The molecule has 196 valence electrons. The second-order valence-electron chi connectivity index (χ2n) is 9.44. The van der Waals surface area contributed by atoms with E-state index < -0.39 is 60.1 Å². The second-order valence-corrected chi connectivity index (χ2v) is 9.44. The molecule has 1 fully saturated rings.